The fraction of sp³-hybridized carbons (Fsp3) is 0. The normalized spacial score (nSPS) is 9.93. The third kappa shape index (κ3) is 3.37. The topological polar surface area (TPSA) is 0 Å². The van der Waals surface area contributed by atoms with E-state index in [-0.39, 0.29) is 27.9 Å². The Morgan fingerprint density at radius 3 is 1.33 bits per heavy atom. The largest absolute Gasteiger partial charge is 0.0692 e. The summed E-state index contributed by atoms with van der Waals surface area (Å²) in [7, 11) is 1.20. The van der Waals surface area contributed by atoms with Crippen LogP contribution in [-0.2, 0) is 20.4 Å². The molecule has 2 aromatic rings. The van der Waals surface area contributed by atoms with Crippen LogP contribution in [0.4, 0.5) is 0 Å². The Kier molecular flexibility index (Phi) is 5.43. The van der Waals surface area contributed by atoms with E-state index in [9.17, 15) is 0 Å². The van der Waals surface area contributed by atoms with E-state index in [0.717, 1.165) is 0 Å². The van der Waals surface area contributed by atoms with Gasteiger partial charge in [-0.1, -0.05) is 68.1 Å². The standard InChI is InChI=1S/C12H13PSi.Pd/c14-13(11-7-3-1-4-8-11)12-9-5-2-6-10-12;/h1-10H,14H3;. The summed E-state index contributed by atoms with van der Waals surface area (Å²) in [5.41, 5.74) is 0. The molecule has 0 aliphatic carbocycles. The molecule has 2 rings (SSSR count). The first-order valence-corrected chi connectivity index (χ1v) is 9.19. The van der Waals surface area contributed by atoms with Crippen LogP contribution in [0, 0.1) is 0 Å². The molecule has 0 unspecified atom stereocenters. The van der Waals surface area contributed by atoms with Gasteiger partial charge < -0.3 is 0 Å². The molecule has 0 spiro atoms. The van der Waals surface area contributed by atoms with Crippen molar-refractivity contribution in [3.63, 3.8) is 0 Å². The molecule has 0 amide bonds. The van der Waals surface area contributed by atoms with Gasteiger partial charge in [-0.3, -0.25) is 0 Å². The Morgan fingerprint density at radius 2 is 1.00 bits per heavy atom. The van der Waals surface area contributed by atoms with Crippen molar-refractivity contribution in [3.8, 4) is 0 Å². The van der Waals surface area contributed by atoms with Crippen LogP contribution in [0.15, 0.2) is 60.7 Å². The predicted octanol–water partition coefficient (Wildman–Crippen LogP) is 1.40. The van der Waals surface area contributed by atoms with E-state index in [4.69, 9.17) is 0 Å². The first-order valence-electron chi connectivity index (χ1n) is 4.72. The third-order valence-electron chi connectivity index (χ3n) is 2.29. The van der Waals surface area contributed by atoms with Gasteiger partial charge >= 0.3 is 0 Å². The van der Waals surface area contributed by atoms with E-state index in [2.05, 4.69) is 60.7 Å². The monoisotopic (exact) mass is 322 g/mol. The van der Waals surface area contributed by atoms with Crippen LogP contribution in [-0.4, -0.2) is 9.91 Å². The molecule has 0 radical (unpaired) electrons. The van der Waals surface area contributed by atoms with Gasteiger partial charge in [0.15, 0.2) is 0 Å². The van der Waals surface area contributed by atoms with E-state index < -0.39 is 0 Å². The molecule has 0 heterocycles. The van der Waals surface area contributed by atoms with Crippen LogP contribution in [0.1, 0.15) is 0 Å². The summed E-state index contributed by atoms with van der Waals surface area (Å²) < 4.78 is 0. The van der Waals surface area contributed by atoms with Gasteiger partial charge in [0, 0.05) is 30.3 Å². The van der Waals surface area contributed by atoms with Gasteiger partial charge in [0.2, 0.25) is 0 Å². The summed E-state index contributed by atoms with van der Waals surface area (Å²) in [5, 5.41) is 3.00. The molecular formula is C12H13PPdSi. The molecule has 3 heteroatoms. The number of hydrogen-bond donors (Lipinski definition) is 0. The van der Waals surface area contributed by atoms with Crippen LogP contribution in [0.2, 0.25) is 0 Å². The Bertz CT molecular complexity index is 351. The first kappa shape index (κ1) is 12.8. The maximum Gasteiger partial charge on any atom is 0.0439 e. The zero-order chi connectivity index (χ0) is 9.80. The second-order valence-corrected chi connectivity index (χ2v) is 8.06. The fourth-order valence-corrected chi connectivity index (χ4v) is 4.78. The molecule has 0 fully saturated rings. The predicted molar refractivity (Wildman–Crippen MR) is 69.0 cm³/mol. The van der Waals surface area contributed by atoms with Crippen LogP contribution in [0.5, 0.6) is 0 Å². The molecular weight excluding hydrogens is 310 g/mol. The Morgan fingerprint density at radius 1 is 0.667 bits per heavy atom. The van der Waals surface area contributed by atoms with Gasteiger partial charge in [0.1, 0.15) is 0 Å². The first-order chi connectivity index (χ1) is 6.88. The zero-order valence-corrected chi connectivity index (χ0v) is 13.0. The molecule has 0 aromatic heterocycles. The zero-order valence-electron chi connectivity index (χ0n) is 8.54. The van der Waals surface area contributed by atoms with Gasteiger partial charge in [-0.2, -0.15) is 0 Å². The van der Waals surface area contributed by atoms with Crippen LogP contribution in [0.25, 0.3) is 0 Å². The molecule has 0 saturated carbocycles. The average molecular weight is 323 g/mol. The summed E-state index contributed by atoms with van der Waals surface area (Å²) in [5.74, 6) is 0. The smallest absolute Gasteiger partial charge is 0.0439 e. The van der Waals surface area contributed by atoms with Crippen molar-refractivity contribution in [1.29, 1.82) is 0 Å². The van der Waals surface area contributed by atoms with Crippen LogP contribution < -0.4 is 10.6 Å². The van der Waals surface area contributed by atoms with Crippen molar-refractivity contribution in [2.45, 2.75) is 0 Å². The van der Waals surface area contributed by atoms with Crippen molar-refractivity contribution in [2.75, 3.05) is 0 Å². The molecule has 15 heavy (non-hydrogen) atoms. The maximum absolute atomic E-state index is 2.24. The molecule has 80 valence electrons. The summed E-state index contributed by atoms with van der Waals surface area (Å²) >= 11 is 0. The molecule has 0 N–H and O–H groups in total. The summed E-state index contributed by atoms with van der Waals surface area (Å²) in [4.78, 5) is 0. The minimum absolute atomic E-state index is 0. The van der Waals surface area contributed by atoms with Crippen LogP contribution >= 0.6 is 7.47 Å². The molecule has 0 nitrogen and oxygen atoms in total. The number of hydrogen-bond acceptors (Lipinski definition) is 0. The second-order valence-electron chi connectivity index (χ2n) is 3.23. The van der Waals surface area contributed by atoms with E-state index in [0.29, 0.717) is 0 Å². The molecule has 0 saturated heterocycles. The van der Waals surface area contributed by atoms with Crippen molar-refractivity contribution in [2.24, 2.45) is 0 Å². The third-order valence-corrected chi connectivity index (χ3v) is 7.53. The van der Waals surface area contributed by atoms with Gasteiger partial charge in [-0.15, -0.1) is 0 Å². The quantitative estimate of drug-likeness (QED) is 0.579. The Balaban J connectivity index is 0.00000112. The minimum atomic E-state index is -0.0319. The fourth-order valence-electron chi connectivity index (χ4n) is 1.45. The molecule has 0 aliphatic heterocycles. The van der Waals surface area contributed by atoms with Gasteiger partial charge in [-0.25, -0.2) is 0 Å². The van der Waals surface area contributed by atoms with E-state index >= 15 is 0 Å². The minimum Gasteiger partial charge on any atom is -0.0692 e. The van der Waals surface area contributed by atoms with E-state index in [1.807, 2.05) is 0 Å². The number of benzene rings is 2. The SMILES string of the molecule is [Pd].[SiH3]P(c1ccccc1)c1ccccc1. The van der Waals surface area contributed by atoms with Crippen molar-refractivity contribution in [3.05, 3.63) is 60.7 Å². The molecule has 0 aliphatic rings. The Hall–Kier alpha value is -0.251. The summed E-state index contributed by atoms with van der Waals surface area (Å²) in [6.07, 6.45) is 0. The second kappa shape index (κ2) is 6.36. The average Bonchev–Trinajstić information content (AvgIpc) is 2.30. The number of rotatable bonds is 2. The summed E-state index contributed by atoms with van der Waals surface area (Å²) in [6, 6.07) is 21.7. The van der Waals surface area contributed by atoms with Crippen molar-refractivity contribution < 1.29 is 20.4 Å². The molecule has 0 bridgehead atoms. The molecule has 0 atom stereocenters. The van der Waals surface area contributed by atoms with Crippen LogP contribution in [0.3, 0.4) is 0 Å². The maximum atomic E-state index is 2.24. The van der Waals surface area contributed by atoms with E-state index in [1.165, 1.54) is 20.5 Å². The van der Waals surface area contributed by atoms with Gasteiger partial charge in [-0.05, 0) is 10.6 Å². The van der Waals surface area contributed by atoms with Crippen molar-refractivity contribution >= 4 is 28.0 Å². The Labute approximate surface area is 109 Å². The van der Waals surface area contributed by atoms with Crippen molar-refractivity contribution in [1.82, 2.24) is 0 Å². The van der Waals surface area contributed by atoms with E-state index in [1.54, 1.807) is 0 Å². The summed E-state index contributed by atoms with van der Waals surface area (Å²) in [6.45, 7) is 0. The van der Waals surface area contributed by atoms with Gasteiger partial charge in [0.05, 0.1) is 0 Å². The van der Waals surface area contributed by atoms with Gasteiger partial charge in [0.25, 0.3) is 0 Å². The molecule has 2 aromatic carbocycles.